The number of hydrogen-bond acceptors (Lipinski definition) is 3. The van der Waals surface area contributed by atoms with Gasteiger partial charge in [-0.25, -0.2) is 4.39 Å². The minimum Gasteiger partial charge on any atom is -0.491 e. The number of halogens is 1. The Hall–Kier alpha value is -1.13. The second-order valence-corrected chi connectivity index (χ2v) is 4.62. The molecule has 2 rings (SSSR count). The van der Waals surface area contributed by atoms with Gasteiger partial charge in [-0.05, 0) is 44.0 Å². The van der Waals surface area contributed by atoms with Gasteiger partial charge >= 0.3 is 0 Å². The summed E-state index contributed by atoms with van der Waals surface area (Å²) in [5.74, 6) is 0.0499. The first-order chi connectivity index (χ1) is 8.79. The Balaban J connectivity index is 1.80. The van der Waals surface area contributed by atoms with Crippen molar-refractivity contribution in [3.8, 4) is 5.75 Å². The van der Waals surface area contributed by atoms with Crippen molar-refractivity contribution in [3.63, 3.8) is 0 Å². The number of nitrogens with one attached hydrogen (secondary N) is 2. The van der Waals surface area contributed by atoms with Gasteiger partial charge in [0.05, 0.1) is 6.61 Å². The van der Waals surface area contributed by atoms with Crippen LogP contribution in [-0.2, 0) is 6.54 Å². The summed E-state index contributed by atoms with van der Waals surface area (Å²) in [4.78, 5) is 0. The molecule has 0 radical (unpaired) electrons. The second kappa shape index (κ2) is 6.71. The molecule has 4 heteroatoms. The Morgan fingerprint density at radius 3 is 3.06 bits per heavy atom. The first-order valence-corrected chi connectivity index (χ1v) is 6.65. The molecule has 1 fully saturated rings. The van der Waals surface area contributed by atoms with Crippen LogP contribution in [0, 0.1) is 5.82 Å². The fourth-order valence-electron chi connectivity index (χ4n) is 2.25. The van der Waals surface area contributed by atoms with Crippen LogP contribution in [0.4, 0.5) is 4.39 Å². The summed E-state index contributed by atoms with van der Waals surface area (Å²) in [5, 5.41) is 6.78. The molecule has 0 amide bonds. The predicted molar refractivity (Wildman–Crippen MR) is 70.3 cm³/mol. The smallest absolute Gasteiger partial charge is 0.165 e. The summed E-state index contributed by atoms with van der Waals surface area (Å²) in [6.45, 7) is 5.09. The highest BCUT2D eigenvalue weighted by molar-refractivity contribution is 5.29. The Bertz CT molecular complexity index is 378. The highest BCUT2D eigenvalue weighted by atomic mass is 19.1. The summed E-state index contributed by atoms with van der Waals surface area (Å²) in [6.07, 6.45) is 2.48. The number of benzene rings is 1. The van der Waals surface area contributed by atoms with E-state index in [4.69, 9.17) is 4.74 Å². The summed E-state index contributed by atoms with van der Waals surface area (Å²) in [7, 11) is 0. The number of ether oxygens (including phenoxy) is 1. The maximum absolute atomic E-state index is 13.6. The summed E-state index contributed by atoms with van der Waals surface area (Å²) >= 11 is 0. The van der Waals surface area contributed by atoms with Crippen LogP contribution >= 0.6 is 0 Å². The fourth-order valence-corrected chi connectivity index (χ4v) is 2.25. The van der Waals surface area contributed by atoms with Gasteiger partial charge in [-0.2, -0.15) is 0 Å². The molecule has 2 N–H and O–H groups in total. The van der Waals surface area contributed by atoms with E-state index in [0.29, 0.717) is 24.9 Å². The van der Waals surface area contributed by atoms with Gasteiger partial charge < -0.3 is 15.4 Å². The van der Waals surface area contributed by atoms with Crippen LogP contribution in [-0.4, -0.2) is 25.7 Å². The van der Waals surface area contributed by atoms with E-state index in [2.05, 4.69) is 10.6 Å². The van der Waals surface area contributed by atoms with Crippen LogP contribution in [0.2, 0.25) is 0 Å². The van der Waals surface area contributed by atoms with Crippen LogP contribution in [0.1, 0.15) is 25.3 Å². The average Bonchev–Trinajstić information content (AvgIpc) is 2.86. The van der Waals surface area contributed by atoms with E-state index >= 15 is 0 Å². The van der Waals surface area contributed by atoms with E-state index in [1.54, 1.807) is 12.1 Å². The molecule has 0 aliphatic carbocycles. The van der Waals surface area contributed by atoms with Gasteiger partial charge in [0.15, 0.2) is 11.6 Å². The van der Waals surface area contributed by atoms with E-state index in [0.717, 1.165) is 18.7 Å². The minimum absolute atomic E-state index is 0.282. The Labute approximate surface area is 108 Å². The van der Waals surface area contributed by atoms with E-state index in [1.165, 1.54) is 12.8 Å². The molecule has 0 aromatic heterocycles. The fraction of sp³-hybridized carbons (Fsp3) is 0.571. The highest BCUT2D eigenvalue weighted by Gasteiger charge is 2.12. The molecule has 1 aromatic rings. The van der Waals surface area contributed by atoms with Gasteiger partial charge in [0.2, 0.25) is 0 Å². The number of hydrogen-bond donors (Lipinski definition) is 2. The van der Waals surface area contributed by atoms with Gasteiger partial charge in [0.1, 0.15) is 0 Å². The zero-order valence-corrected chi connectivity index (χ0v) is 10.8. The molecule has 0 saturated carbocycles. The quantitative estimate of drug-likeness (QED) is 0.813. The van der Waals surface area contributed by atoms with Crippen molar-refractivity contribution in [2.45, 2.75) is 32.4 Å². The Morgan fingerprint density at radius 1 is 1.50 bits per heavy atom. The molecule has 18 heavy (non-hydrogen) atoms. The molecular formula is C14H21FN2O. The molecular weight excluding hydrogens is 231 g/mol. The zero-order valence-electron chi connectivity index (χ0n) is 10.8. The standard InChI is InChI=1S/C14H21FN2O/c1-2-18-14-6-5-11(8-13(14)15)9-16-10-12-4-3-7-17-12/h5-6,8,12,16-17H,2-4,7,9-10H2,1H3. The normalized spacial score (nSPS) is 19.1. The van der Waals surface area contributed by atoms with Crippen molar-refractivity contribution >= 4 is 0 Å². The van der Waals surface area contributed by atoms with Crippen molar-refractivity contribution < 1.29 is 9.13 Å². The van der Waals surface area contributed by atoms with Gasteiger partial charge in [0.25, 0.3) is 0 Å². The maximum Gasteiger partial charge on any atom is 0.165 e. The maximum atomic E-state index is 13.6. The third-order valence-corrected chi connectivity index (χ3v) is 3.18. The summed E-state index contributed by atoms with van der Waals surface area (Å²) in [5.41, 5.74) is 0.953. The highest BCUT2D eigenvalue weighted by Crippen LogP contribution is 2.18. The molecule has 0 spiro atoms. The third kappa shape index (κ3) is 3.68. The van der Waals surface area contributed by atoms with E-state index in [9.17, 15) is 4.39 Å². The molecule has 1 atom stereocenters. The molecule has 100 valence electrons. The molecule has 1 heterocycles. The molecule has 0 bridgehead atoms. The lowest BCUT2D eigenvalue weighted by molar-refractivity contribution is 0.321. The van der Waals surface area contributed by atoms with Gasteiger partial charge in [-0.1, -0.05) is 6.07 Å². The monoisotopic (exact) mass is 252 g/mol. The van der Waals surface area contributed by atoms with Crippen molar-refractivity contribution in [2.75, 3.05) is 19.7 Å². The molecule has 3 nitrogen and oxygen atoms in total. The van der Waals surface area contributed by atoms with Crippen molar-refractivity contribution in [1.29, 1.82) is 0 Å². The van der Waals surface area contributed by atoms with Crippen molar-refractivity contribution in [1.82, 2.24) is 10.6 Å². The topological polar surface area (TPSA) is 33.3 Å². The zero-order chi connectivity index (χ0) is 12.8. The van der Waals surface area contributed by atoms with Crippen molar-refractivity contribution in [2.24, 2.45) is 0 Å². The van der Waals surface area contributed by atoms with Gasteiger partial charge in [0, 0.05) is 19.1 Å². The molecule has 1 unspecified atom stereocenters. The SMILES string of the molecule is CCOc1ccc(CNCC2CCCN2)cc1F. The lowest BCUT2D eigenvalue weighted by atomic mass is 10.2. The first-order valence-electron chi connectivity index (χ1n) is 6.65. The summed E-state index contributed by atoms with van der Waals surface area (Å²) < 4.78 is 18.8. The van der Waals surface area contributed by atoms with E-state index in [-0.39, 0.29) is 5.82 Å². The van der Waals surface area contributed by atoms with Crippen LogP contribution in [0.15, 0.2) is 18.2 Å². The van der Waals surface area contributed by atoms with Gasteiger partial charge in [-0.15, -0.1) is 0 Å². The average molecular weight is 252 g/mol. The Morgan fingerprint density at radius 2 is 2.39 bits per heavy atom. The lowest BCUT2D eigenvalue weighted by Gasteiger charge is -2.12. The minimum atomic E-state index is -0.282. The molecule has 1 aromatic carbocycles. The van der Waals surface area contributed by atoms with Crippen molar-refractivity contribution in [3.05, 3.63) is 29.6 Å². The molecule has 1 aliphatic rings. The van der Waals surface area contributed by atoms with Crippen LogP contribution in [0.25, 0.3) is 0 Å². The second-order valence-electron chi connectivity index (χ2n) is 4.62. The first kappa shape index (κ1) is 13.3. The molecule has 1 saturated heterocycles. The van der Waals surface area contributed by atoms with Crippen LogP contribution < -0.4 is 15.4 Å². The molecule has 1 aliphatic heterocycles. The summed E-state index contributed by atoms with van der Waals surface area (Å²) in [6, 6.07) is 5.71. The number of rotatable bonds is 6. The van der Waals surface area contributed by atoms with Gasteiger partial charge in [-0.3, -0.25) is 0 Å². The lowest BCUT2D eigenvalue weighted by Crippen LogP contribution is -2.33. The van der Waals surface area contributed by atoms with E-state index < -0.39 is 0 Å². The van der Waals surface area contributed by atoms with Crippen LogP contribution in [0.5, 0.6) is 5.75 Å². The third-order valence-electron chi connectivity index (χ3n) is 3.18. The Kier molecular flexibility index (Phi) is 4.96. The largest absolute Gasteiger partial charge is 0.491 e. The predicted octanol–water partition coefficient (Wildman–Crippen LogP) is 2.07. The van der Waals surface area contributed by atoms with E-state index in [1.807, 2.05) is 13.0 Å². The van der Waals surface area contributed by atoms with Crippen LogP contribution in [0.3, 0.4) is 0 Å².